The largest absolute Gasteiger partial charge is 0.359 e. The number of aromatic amines is 1. The van der Waals surface area contributed by atoms with Crippen molar-refractivity contribution in [2.75, 3.05) is 11.6 Å². The van der Waals surface area contributed by atoms with Crippen molar-refractivity contribution in [2.24, 2.45) is 0 Å². The third-order valence-electron chi connectivity index (χ3n) is 5.36. The number of H-pyrrole nitrogens is 1. The Bertz CT molecular complexity index is 1160. The Morgan fingerprint density at radius 1 is 1.14 bits per heavy atom. The van der Waals surface area contributed by atoms with E-state index >= 15 is 0 Å². The minimum atomic E-state index is 0.311. The molecule has 0 saturated carbocycles. The van der Waals surface area contributed by atoms with Crippen LogP contribution >= 0.6 is 11.8 Å². The van der Waals surface area contributed by atoms with E-state index in [1.807, 2.05) is 10.6 Å². The predicted molar refractivity (Wildman–Crippen MR) is 118 cm³/mol. The van der Waals surface area contributed by atoms with Gasteiger partial charge in [0, 0.05) is 17.3 Å². The molecule has 6 nitrogen and oxygen atoms in total. The van der Waals surface area contributed by atoms with Crippen LogP contribution in [-0.4, -0.2) is 36.2 Å². The lowest BCUT2D eigenvalue weighted by molar-refractivity contribution is 0.873. The van der Waals surface area contributed by atoms with Gasteiger partial charge in [-0.2, -0.15) is 5.10 Å². The molecule has 0 aromatic carbocycles. The summed E-state index contributed by atoms with van der Waals surface area (Å²) in [6.45, 7) is 10.8. The minimum absolute atomic E-state index is 0.311. The maximum Gasteiger partial charge on any atom is 0.158 e. The van der Waals surface area contributed by atoms with Crippen LogP contribution in [0, 0.1) is 13.8 Å². The fourth-order valence-electron chi connectivity index (χ4n) is 3.66. The number of pyridine rings is 2. The molecule has 0 aliphatic rings. The lowest BCUT2D eigenvalue weighted by Crippen LogP contribution is -2.10. The molecule has 4 rings (SSSR count). The Morgan fingerprint density at radius 2 is 1.93 bits per heavy atom. The normalized spacial score (nSPS) is 13.0. The number of nitrogens with zero attached hydrogens (tertiary/aromatic N) is 4. The average Bonchev–Trinajstić information content (AvgIpc) is 3.28. The first-order valence-corrected chi connectivity index (χ1v) is 10.8. The van der Waals surface area contributed by atoms with Gasteiger partial charge in [0.1, 0.15) is 12.1 Å². The van der Waals surface area contributed by atoms with Crippen molar-refractivity contribution in [1.29, 1.82) is 0 Å². The summed E-state index contributed by atoms with van der Waals surface area (Å²) < 4.78 is 1.86. The molecule has 0 aliphatic carbocycles. The Balaban J connectivity index is 1.94. The SMILES string of the molecule is CS[C@@H](C)Nc1ccc2[nH]c(-c3cn4ncnc4c(C)c3C)c(C(C)C)c2n1. The molecule has 0 spiro atoms. The average molecular weight is 395 g/mol. The van der Waals surface area contributed by atoms with Crippen LogP contribution in [0.4, 0.5) is 5.82 Å². The van der Waals surface area contributed by atoms with Crippen LogP contribution in [0.25, 0.3) is 27.9 Å². The second-order valence-electron chi connectivity index (χ2n) is 7.50. The zero-order chi connectivity index (χ0) is 20.0. The number of thioether (sulfide) groups is 1. The summed E-state index contributed by atoms with van der Waals surface area (Å²) in [7, 11) is 0. The molecule has 7 heteroatoms. The van der Waals surface area contributed by atoms with Crippen LogP contribution in [0.2, 0.25) is 0 Å². The minimum Gasteiger partial charge on any atom is -0.359 e. The molecule has 1 atom stereocenters. The van der Waals surface area contributed by atoms with Crippen LogP contribution < -0.4 is 5.32 Å². The Kier molecular flexibility index (Phi) is 4.79. The van der Waals surface area contributed by atoms with Crippen molar-refractivity contribution in [3.8, 4) is 11.3 Å². The van der Waals surface area contributed by atoms with Crippen LogP contribution in [-0.2, 0) is 0 Å². The molecular weight excluding hydrogens is 368 g/mol. The third kappa shape index (κ3) is 3.03. The van der Waals surface area contributed by atoms with E-state index in [2.05, 4.69) is 73.5 Å². The first-order chi connectivity index (χ1) is 13.4. The molecule has 0 unspecified atom stereocenters. The fraction of sp³-hybridized carbons (Fsp3) is 0.381. The first kappa shape index (κ1) is 18.8. The molecule has 0 amide bonds. The molecule has 4 heterocycles. The topological polar surface area (TPSA) is 70.9 Å². The molecule has 4 aromatic rings. The summed E-state index contributed by atoms with van der Waals surface area (Å²) in [6.07, 6.45) is 5.76. The van der Waals surface area contributed by atoms with E-state index in [0.717, 1.165) is 39.3 Å². The van der Waals surface area contributed by atoms with Gasteiger partial charge in [0.15, 0.2) is 5.65 Å². The lowest BCUT2D eigenvalue weighted by Gasteiger charge is -2.14. The lowest BCUT2D eigenvalue weighted by atomic mass is 9.95. The molecule has 0 saturated heterocycles. The monoisotopic (exact) mass is 394 g/mol. The highest BCUT2D eigenvalue weighted by Gasteiger charge is 2.21. The molecule has 0 bridgehead atoms. The van der Waals surface area contributed by atoms with E-state index in [1.54, 1.807) is 18.1 Å². The summed E-state index contributed by atoms with van der Waals surface area (Å²) in [5.74, 6) is 1.23. The van der Waals surface area contributed by atoms with Crippen molar-refractivity contribution in [2.45, 2.75) is 45.9 Å². The van der Waals surface area contributed by atoms with E-state index < -0.39 is 0 Å². The number of nitrogens with one attached hydrogen (secondary N) is 2. The van der Waals surface area contributed by atoms with Gasteiger partial charge in [-0.1, -0.05) is 13.8 Å². The van der Waals surface area contributed by atoms with E-state index in [-0.39, 0.29) is 0 Å². The molecule has 0 radical (unpaired) electrons. The zero-order valence-corrected chi connectivity index (χ0v) is 18.0. The molecule has 4 aromatic heterocycles. The van der Waals surface area contributed by atoms with Gasteiger partial charge in [0.25, 0.3) is 0 Å². The van der Waals surface area contributed by atoms with Crippen LogP contribution in [0.5, 0.6) is 0 Å². The fourth-order valence-corrected chi connectivity index (χ4v) is 3.90. The molecule has 146 valence electrons. The second-order valence-corrected chi connectivity index (χ2v) is 8.68. The summed E-state index contributed by atoms with van der Waals surface area (Å²) in [6, 6.07) is 4.15. The third-order valence-corrected chi connectivity index (χ3v) is 6.18. The van der Waals surface area contributed by atoms with Crippen molar-refractivity contribution < 1.29 is 0 Å². The molecular formula is C21H26N6S. The van der Waals surface area contributed by atoms with Crippen LogP contribution in [0.1, 0.15) is 43.4 Å². The number of hydrogen-bond acceptors (Lipinski definition) is 5. The quantitative estimate of drug-likeness (QED) is 0.459. The number of anilines is 1. The standard InChI is InChI=1S/C21H26N6S/c1-11(2)18-19(15-9-27-21(22-10-23-27)13(4)12(15)3)25-16-7-8-17(26-20(16)18)24-14(5)28-6/h7-11,14,25H,1-6H3,(H,24,26)/t14-/m0/s1. The number of aromatic nitrogens is 5. The number of rotatable bonds is 5. The Hall–Kier alpha value is -2.54. The van der Waals surface area contributed by atoms with Gasteiger partial charge in [0.2, 0.25) is 0 Å². The number of aryl methyl sites for hydroxylation is 1. The Labute approximate surface area is 169 Å². The highest BCUT2D eigenvalue weighted by atomic mass is 32.2. The van der Waals surface area contributed by atoms with Crippen molar-refractivity contribution in [3.63, 3.8) is 0 Å². The first-order valence-electron chi connectivity index (χ1n) is 9.52. The van der Waals surface area contributed by atoms with Crippen LogP contribution in [0.3, 0.4) is 0 Å². The summed E-state index contributed by atoms with van der Waals surface area (Å²) >= 11 is 1.77. The molecule has 2 N–H and O–H groups in total. The van der Waals surface area contributed by atoms with Gasteiger partial charge in [-0.3, -0.25) is 0 Å². The zero-order valence-electron chi connectivity index (χ0n) is 17.2. The highest BCUT2D eigenvalue weighted by molar-refractivity contribution is 7.99. The maximum atomic E-state index is 4.94. The van der Waals surface area contributed by atoms with Gasteiger partial charge in [0.05, 0.1) is 22.1 Å². The molecule has 0 aliphatic heterocycles. The van der Waals surface area contributed by atoms with E-state index in [4.69, 9.17) is 4.98 Å². The predicted octanol–water partition coefficient (Wildman–Crippen LogP) is 5.13. The van der Waals surface area contributed by atoms with Gasteiger partial charge in [-0.25, -0.2) is 14.5 Å². The summed E-state index contributed by atoms with van der Waals surface area (Å²) in [5, 5.41) is 8.12. The van der Waals surface area contributed by atoms with E-state index in [1.165, 1.54) is 11.1 Å². The smallest absolute Gasteiger partial charge is 0.158 e. The Morgan fingerprint density at radius 3 is 2.64 bits per heavy atom. The molecule has 28 heavy (non-hydrogen) atoms. The van der Waals surface area contributed by atoms with Crippen molar-refractivity contribution in [3.05, 3.63) is 41.3 Å². The van der Waals surface area contributed by atoms with Gasteiger partial charge in [-0.05, 0) is 56.2 Å². The van der Waals surface area contributed by atoms with Crippen LogP contribution in [0.15, 0.2) is 24.7 Å². The maximum absolute atomic E-state index is 4.94. The summed E-state index contributed by atoms with van der Waals surface area (Å²) in [5.41, 5.74) is 8.83. The number of hydrogen-bond donors (Lipinski definition) is 2. The summed E-state index contributed by atoms with van der Waals surface area (Å²) in [4.78, 5) is 12.9. The number of fused-ring (bicyclic) bond motifs is 2. The van der Waals surface area contributed by atoms with Gasteiger partial charge < -0.3 is 10.3 Å². The van der Waals surface area contributed by atoms with Crippen molar-refractivity contribution in [1.82, 2.24) is 24.6 Å². The van der Waals surface area contributed by atoms with Crippen molar-refractivity contribution >= 4 is 34.3 Å². The van der Waals surface area contributed by atoms with Gasteiger partial charge >= 0.3 is 0 Å². The second kappa shape index (κ2) is 7.13. The van der Waals surface area contributed by atoms with E-state index in [9.17, 15) is 0 Å². The van der Waals surface area contributed by atoms with E-state index in [0.29, 0.717) is 11.3 Å². The highest BCUT2D eigenvalue weighted by Crippen LogP contribution is 2.37. The molecule has 0 fully saturated rings. The van der Waals surface area contributed by atoms with Gasteiger partial charge in [-0.15, -0.1) is 11.8 Å².